The minimum Gasteiger partial charge on any atom is -0.394 e. The summed E-state index contributed by atoms with van der Waals surface area (Å²) in [5, 5.41) is 12.0. The number of hydrogen-bond donors (Lipinski definition) is 2. The van der Waals surface area contributed by atoms with Crippen molar-refractivity contribution in [3.8, 4) is 0 Å². The van der Waals surface area contributed by atoms with Gasteiger partial charge in [0.15, 0.2) is 0 Å². The van der Waals surface area contributed by atoms with Crippen LogP contribution in [0.25, 0.3) is 0 Å². The summed E-state index contributed by atoms with van der Waals surface area (Å²) in [4.78, 5) is 0. The molecule has 3 heteroatoms. The fourth-order valence-corrected chi connectivity index (χ4v) is 1.63. The van der Waals surface area contributed by atoms with Crippen molar-refractivity contribution in [2.75, 3.05) is 26.4 Å². The largest absolute Gasteiger partial charge is 0.394 e. The van der Waals surface area contributed by atoms with Crippen LogP contribution in [0.1, 0.15) is 32.6 Å². The zero-order valence-corrected chi connectivity index (χ0v) is 9.17. The van der Waals surface area contributed by atoms with Gasteiger partial charge in [-0.25, -0.2) is 0 Å². The van der Waals surface area contributed by atoms with Crippen LogP contribution in [-0.2, 0) is 4.74 Å². The third kappa shape index (κ3) is 6.35. The molecule has 1 saturated carbocycles. The van der Waals surface area contributed by atoms with Crippen molar-refractivity contribution in [3.05, 3.63) is 0 Å². The summed E-state index contributed by atoms with van der Waals surface area (Å²) in [6, 6.07) is 0.653. The van der Waals surface area contributed by atoms with Crippen molar-refractivity contribution in [2.45, 2.75) is 38.6 Å². The summed E-state index contributed by atoms with van der Waals surface area (Å²) in [7, 11) is 0. The van der Waals surface area contributed by atoms with Crippen LogP contribution in [0.4, 0.5) is 0 Å². The Hall–Kier alpha value is -0.120. The van der Waals surface area contributed by atoms with Gasteiger partial charge >= 0.3 is 0 Å². The third-order valence-electron chi connectivity index (χ3n) is 2.58. The molecule has 14 heavy (non-hydrogen) atoms. The Morgan fingerprint density at radius 1 is 1.43 bits per heavy atom. The second-order valence-corrected chi connectivity index (χ2v) is 4.22. The van der Waals surface area contributed by atoms with Gasteiger partial charge in [-0.05, 0) is 32.2 Å². The topological polar surface area (TPSA) is 41.5 Å². The van der Waals surface area contributed by atoms with E-state index in [1.165, 1.54) is 19.3 Å². The van der Waals surface area contributed by atoms with E-state index in [1.807, 2.05) is 0 Å². The maximum Gasteiger partial charge on any atom is 0.0697 e. The highest BCUT2D eigenvalue weighted by molar-refractivity contribution is 4.77. The van der Waals surface area contributed by atoms with Crippen molar-refractivity contribution in [1.29, 1.82) is 0 Å². The summed E-state index contributed by atoms with van der Waals surface area (Å²) in [6.45, 7) is 4.64. The standard InChI is InChI=1S/C11H23NO2/c1-10(9-11-3-4-11)12-5-2-7-14-8-6-13/h10-13H,2-9H2,1H3. The molecule has 0 amide bonds. The van der Waals surface area contributed by atoms with Crippen molar-refractivity contribution in [2.24, 2.45) is 5.92 Å². The number of hydrogen-bond acceptors (Lipinski definition) is 3. The fourth-order valence-electron chi connectivity index (χ4n) is 1.63. The lowest BCUT2D eigenvalue weighted by Gasteiger charge is -2.12. The smallest absolute Gasteiger partial charge is 0.0697 e. The maximum atomic E-state index is 8.48. The van der Waals surface area contributed by atoms with E-state index in [2.05, 4.69) is 12.2 Å². The van der Waals surface area contributed by atoms with Gasteiger partial charge in [0, 0.05) is 12.6 Å². The summed E-state index contributed by atoms with van der Waals surface area (Å²) in [5.41, 5.74) is 0. The molecule has 1 unspecified atom stereocenters. The molecule has 0 aromatic carbocycles. The molecular weight excluding hydrogens is 178 g/mol. The first-order valence-electron chi connectivity index (χ1n) is 5.75. The molecule has 0 aliphatic heterocycles. The quantitative estimate of drug-likeness (QED) is 0.550. The number of aliphatic hydroxyl groups is 1. The van der Waals surface area contributed by atoms with E-state index in [9.17, 15) is 0 Å². The van der Waals surface area contributed by atoms with Crippen molar-refractivity contribution >= 4 is 0 Å². The average Bonchev–Trinajstić information content (AvgIpc) is 2.95. The van der Waals surface area contributed by atoms with Crippen molar-refractivity contribution in [3.63, 3.8) is 0 Å². The molecule has 0 aromatic heterocycles. The van der Waals surface area contributed by atoms with Crippen LogP contribution in [0.5, 0.6) is 0 Å². The highest BCUT2D eigenvalue weighted by Gasteiger charge is 2.22. The molecule has 0 aromatic rings. The number of rotatable bonds is 9. The molecule has 0 heterocycles. The molecule has 0 radical (unpaired) electrons. The minimum atomic E-state index is 0.130. The minimum absolute atomic E-state index is 0.130. The first kappa shape index (κ1) is 12.0. The lowest BCUT2D eigenvalue weighted by molar-refractivity contribution is 0.0904. The SMILES string of the molecule is CC(CC1CC1)NCCCOCCO. The molecule has 1 atom stereocenters. The zero-order chi connectivity index (χ0) is 10.2. The number of aliphatic hydroxyl groups excluding tert-OH is 1. The first-order chi connectivity index (χ1) is 6.83. The van der Waals surface area contributed by atoms with Crippen LogP contribution < -0.4 is 5.32 Å². The summed E-state index contributed by atoms with van der Waals surface area (Å²) in [6.07, 6.45) is 5.24. The van der Waals surface area contributed by atoms with E-state index in [4.69, 9.17) is 9.84 Å². The summed E-state index contributed by atoms with van der Waals surface area (Å²) >= 11 is 0. The second kappa shape index (κ2) is 7.21. The Morgan fingerprint density at radius 3 is 2.86 bits per heavy atom. The van der Waals surface area contributed by atoms with Gasteiger partial charge in [0.2, 0.25) is 0 Å². The lowest BCUT2D eigenvalue weighted by Crippen LogP contribution is -2.28. The van der Waals surface area contributed by atoms with Crippen LogP contribution in [-0.4, -0.2) is 37.5 Å². The molecule has 1 rings (SSSR count). The summed E-state index contributed by atoms with van der Waals surface area (Å²) in [5.74, 6) is 1.00. The Morgan fingerprint density at radius 2 is 2.21 bits per heavy atom. The number of nitrogens with one attached hydrogen (secondary N) is 1. The van der Waals surface area contributed by atoms with Crippen LogP contribution in [0.3, 0.4) is 0 Å². The normalized spacial score (nSPS) is 18.4. The van der Waals surface area contributed by atoms with E-state index in [0.29, 0.717) is 12.6 Å². The Labute approximate surface area is 86.8 Å². The third-order valence-corrected chi connectivity index (χ3v) is 2.58. The molecular formula is C11H23NO2. The fraction of sp³-hybridized carbons (Fsp3) is 1.00. The molecule has 2 N–H and O–H groups in total. The van der Waals surface area contributed by atoms with Crippen molar-refractivity contribution in [1.82, 2.24) is 5.32 Å². The first-order valence-corrected chi connectivity index (χ1v) is 5.75. The van der Waals surface area contributed by atoms with E-state index in [-0.39, 0.29) is 6.61 Å². The van der Waals surface area contributed by atoms with E-state index in [1.54, 1.807) is 0 Å². The molecule has 0 saturated heterocycles. The van der Waals surface area contributed by atoms with Gasteiger partial charge in [-0.15, -0.1) is 0 Å². The molecule has 0 bridgehead atoms. The Kier molecular flexibility index (Phi) is 6.15. The van der Waals surface area contributed by atoms with Gasteiger partial charge in [-0.1, -0.05) is 12.8 Å². The summed E-state index contributed by atoms with van der Waals surface area (Å²) < 4.78 is 5.17. The molecule has 0 spiro atoms. The van der Waals surface area contributed by atoms with Gasteiger partial charge in [0.25, 0.3) is 0 Å². The Balaban J connectivity index is 1.77. The van der Waals surface area contributed by atoms with Gasteiger partial charge in [0.1, 0.15) is 0 Å². The van der Waals surface area contributed by atoms with Gasteiger partial charge < -0.3 is 15.2 Å². The zero-order valence-electron chi connectivity index (χ0n) is 9.17. The van der Waals surface area contributed by atoms with Crippen LogP contribution >= 0.6 is 0 Å². The van der Waals surface area contributed by atoms with Gasteiger partial charge in [-0.2, -0.15) is 0 Å². The molecule has 1 fully saturated rings. The van der Waals surface area contributed by atoms with E-state index < -0.39 is 0 Å². The predicted octanol–water partition coefficient (Wildman–Crippen LogP) is 1.16. The Bertz CT molecular complexity index is 137. The second-order valence-electron chi connectivity index (χ2n) is 4.22. The molecule has 1 aliphatic rings. The van der Waals surface area contributed by atoms with Gasteiger partial charge in [-0.3, -0.25) is 0 Å². The average molecular weight is 201 g/mol. The highest BCUT2D eigenvalue weighted by atomic mass is 16.5. The lowest BCUT2D eigenvalue weighted by atomic mass is 10.1. The predicted molar refractivity (Wildman–Crippen MR) is 57.3 cm³/mol. The maximum absolute atomic E-state index is 8.48. The van der Waals surface area contributed by atoms with Crippen LogP contribution in [0.2, 0.25) is 0 Å². The van der Waals surface area contributed by atoms with Crippen LogP contribution in [0, 0.1) is 5.92 Å². The highest BCUT2D eigenvalue weighted by Crippen LogP contribution is 2.33. The molecule has 1 aliphatic carbocycles. The monoisotopic (exact) mass is 201 g/mol. The van der Waals surface area contributed by atoms with Crippen molar-refractivity contribution < 1.29 is 9.84 Å². The number of ether oxygens (including phenoxy) is 1. The molecule has 84 valence electrons. The van der Waals surface area contributed by atoms with E-state index >= 15 is 0 Å². The molecule has 3 nitrogen and oxygen atoms in total. The van der Waals surface area contributed by atoms with Gasteiger partial charge in [0.05, 0.1) is 13.2 Å². The van der Waals surface area contributed by atoms with E-state index in [0.717, 1.165) is 25.5 Å². The van der Waals surface area contributed by atoms with Crippen LogP contribution in [0.15, 0.2) is 0 Å².